The maximum Gasteiger partial charge on any atom is 0.243 e. The molecule has 0 fully saturated rings. The lowest BCUT2D eigenvalue weighted by molar-refractivity contribution is 0.164. The molecule has 0 heterocycles. The average Bonchev–Trinajstić information content (AvgIpc) is 2.45. The van der Waals surface area contributed by atoms with Gasteiger partial charge in [-0.15, -0.1) is 0 Å². The minimum Gasteiger partial charge on any atom is -0.399 e. The molecule has 0 unspecified atom stereocenters. The van der Waals surface area contributed by atoms with Crippen molar-refractivity contribution < 1.29 is 17.9 Å². The van der Waals surface area contributed by atoms with Crippen molar-refractivity contribution in [1.82, 2.24) is 4.31 Å². The van der Waals surface area contributed by atoms with E-state index >= 15 is 0 Å². The first-order valence-corrected chi connectivity index (χ1v) is 8.21. The Kier molecular flexibility index (Phi) is 7.10. The van der Waals surface area contributed by atoms with Crippen LogP contribution >= 0.6 is 0 Å². The second-order valence-electron chi connectivity index (χ2n) is 4.77. The first-order chi connectivity index (χ1) is 9.93. The molecule has 120 valence electrons. The molecule has 0 saturated heterocycles. The standard InChI is InChI=1S/C14H24N2O4S/c1-12-5-6-13(15)11-14(12)21(17,18)16(8-10-20-3)7-4-9-19-2/h5-6,11H,4,7-10,15H2,1-3H3. The van der Waals surface area contributed by atoms with Crippen molar-refractivity contribution in [2.24, 2.45) is 0 Å². The number of benzene rings is 1. The number of nitrogens with two attached hydrogens (primary N) is 1. The number of nitrogens with zero attached hydrogens (tertiary/aromatic N) is 1. The second-order valence-corrected chi connectivity index (χ2v) is 6.67. The minimum atomic E-state index is -3.59. The highest BCUT2D eigenvalue weighted by Gasteiger charge is 2.25. The fourth-order valence-electron chi connectivity index (χ4n) is 1.96. The zero-order valence-electron chi connectivity index (χ0n) is 12.8. The predicted octanol–water partition coefficient (Wildman–Crippen LogP) is 1.25. The summed E-state index contributed by atoms with van der Waals surface area (Å²) in [5.41, 5.74) is 6.83. The van der Waals surface area contributed by atoms with Gasteiger partial charge in [-0.05, 0) is 31.0 Å². The number of ether oxygens (including phenoxy) is 2. The quantitative estimate of drug-likeness (QED) is 0.548. The predicted molar refractivity (Wildman–Crippen MR) is 82.7 cm³/mol. The summed E-state index contributed by atoms with van der Waals surface area (Å²) < 4.78 is 37.0. The molecule has 0 radical (unpaired) electrons. The summed E-state index contributed by atoms with van der Waals surface area (Å²) >= 11 is 0. The summed E-state index contributed by atoms with van der Waals surface area (Å²) in [6, 6.07) is 4.91. The molecule has 1 rings (SSSR count). The molecule has 0 bridgehead atoms. The Morgan fingerprint density at radius 3 is 2.43 bits per heavy atom. The summed E-state index contributed by atoms with van der Waals surface area (Å²) in [6.45, 7) is 3.29. The largest absolute Gasteiger partial charge is 0.399 e. The van der Waals surface area contributed by atoms with Crippen LogP contribution in [-0.4, -0.2) is 53.2 Å². The minimum absolute atomic E-state index is 0.246. The van der Waals surface area contributed by atoms with E-state index < -0.39 is 10.0 Å². The lowest BCUT2D eigenvalue weighted by atomic mass is 10.2. The lowest BCUT2D eigenvalue weighted by Crippen LogP contribution is -2.35. The fraction of sp³-hybridized carbons (Fsp3) is 0.571. The van der Waals surface area contributed by atoms with Crippen molar-refractivity contribution in [2.45, 2.75) is 18.2 Å². The number of rotatable bonds is 9. The van der Waals surface area contributed by atoms with E-state index in [0.717, 1.165) is 0 Å². The van der Waals surface area contributed by atoms with Crippen LogP contribution in [-0.2, 0) is 19.5 Å². The van der Waals surface area contributed by atoms with Crippen LogP contribution in [0, 0.1) is 6.92 Å². The van der Waals surface area contributed by atoms with Crippen LogP contribution in [0.4, 0.5) is 5.69 Å². The lowest BCUT2D eigenvalue weighted by Gasteiger charge is -2.23. The van der Waals surface area contributed by atoms with Gasteiger partial charge in [-0.1, -0.05) is 6.07 Å². The van der Waals surface area contributed by atoms with Crippen molar-refractivity contribution in [3.8, 4) is 0 Å². The first kappa shape index (κ1) is 17.9. The van der Waals surface area contributed by atoms with E-state index in [-0.39, 0.29) is 4.90 Å². The number of nitrogen functional groups attached to an aromatic ring is 1. The molecule has 1 aromatic carbocycles. The van der Waals surface area contributed by atoms with Crippen molar-refractivity contribution in [2.75, 3.05) is 46.3 Å². The van der Waals surface area contributed by atoms with E-state index in [1.165, 1.54) is 10.4 Å². The van der Waals surface area contributed by atoms with Crippen molar-refractivity contribution in [1.29, 1.82) is 0 Å². The molecule has 0 aliphatic carbocycles. The van der Waals surface area contributed by atoms with Crippen molar-refractivity contribution in [3.63, 3.8) is 0 Å². The van der Waals surface area contributed by atoms with Crippen LogP contribution in [0.1, 0.15) is 12.0 Å². The highest BCUT2D eigenvalue weighted by molar-refractivity contribution is 7.89. The number of aryl methyl sites for hydroxylation is 1. The number of hydrogen-bond acceptors (Lipinski definition) is 5. The van der Waals surface area contributed by atoms with E-state index in [1.807, 2.05) is 0 Å². The number of anilines is 1. The normalized spacial score (nSPS) is 12.0. The van der Waals surface area contributed by atoms with E-state index in [1.54, 1.807) is 33.3 Å². The SMILES string of the molecule is COCCCN(CCOC)S(=O)(=O)c1cc(N)ccc1C. The smallest absolute Gasteiger partial charge is 0.243 e. The number of sulfonamides is 1. The third kappa shape index (κ3) is 4.96. The van der Waals surface area contributed by atoms with Gasteiger partial charge in [0.1, 0.15) is 0 Å². The summed E-state index contributed by atoms with van der Waals surface area (Å²) in [4.78, 5) is 0.246. The van der Waals surface area contributed by atoms with Gasteiger partial charge in [0.25, 0.3) is 0 Å². The Hall–Kier alpha value is -1.15. The van der Waals surface area contributed by atoms with Gasteiger partial charge in [0.2, 0.25) is 10.0 Å². The molecule has 1 aromatic rings. The van der Waals surface area contributed by atoms with Crippen molar-refractivity contribution >= 4 is 15.7 Å². The van der Waals surface area contributed by atoms with Gasteiger partial charge >= 0.3 is 0 Å². The molecule has 7 heteroatoms. The zero-order valence-corrected chi connectivity index (χ0v) is 13.6. The summed E-state index contributed by atoms with van der Waals surface area (Å²) in [6.07, 6.45) is 0.626. The molecule has 2 N–H and O–H groups in total. The summed E-state index contributed by atoms with van der Waals surface area (Å²) in [7, 11) is -0.449. The molecule has 6 nitrogen and oxygen atoms in total. The monoisotopic (exact) mass is 316 g/mol. The summed E-state index contributed by atoms with van der Waals surface area (Å²) in [5.74, 6) is 0. The Bertz CT molecular complexity index is 546. The van der Waals surface area contributed by atoms with E-state index in [2.05, 4.69) is 0 Å². The molecule has 0 spiro atoms. The molecule has 0 aromatic heterocycles. The Labute approximate surface area is 126 Å². The molecule has 0 saturated carbocycles. The van der Waals surface area contributed by atoms with Crippen molar-refractivity contribution in [3.05, 3.63) is 23.8 Å². The van der Waals surface area contributed by atoms with E-state index in [4.69, 9.17) is 15.2 Å². The van der Waals surface area contributed by atoms with Crippen LogP contribution in [0.25, 0.3) is 0 Å². The first-order valence-electron chi connectivity index (χ1n) is 6.77. The van der Waals surface area contributed by atoms with Gasteiger partial charge in [0.15, 0.2) is 0 Å². The van der Waals surface area contributed by atoms with E-state index in [0.29, 0.717) is 44.0 Å². The van der Waals surface area contributed by atoms with Gasteiger partial charge in [-0.3, -0.25) is 0 Å². The van der Waals surface area contributed by atoms with Crippen LogP contribution in [0.3, 0.4) is 0 Å². The Balaban J connectivity index is 3.04. The third-order valence-electron chi connectivity index (χ3n) is 3.13. The topological polar surface area (TPSA) is 81.9 Å². The fourth-order valence-corrected chi connectivity index (χ4v) is 3.69. The molecule has 0 aliphatic rings. The highest BCUT2D eigenvalue weighted by Crippen LogP contribution is 2.22. The van der Waals surface area contributed by atoms with Gasteiger partial charge < -0.3 is 15.2 Å². The van der Waals surface area contributed by atoms with Crippen LogP contribution in [0.15, 0.2) is 23.1 Å². The van der Waals surface area contributed by atoms with Gasteiger partial charge in [-0.25, -0.2) is 8.42 Å². The van der Waals surface area contributed by atoms with Crippen LogP contribution in [0.5, 0.6) is 0 Å². The molecular formula is C14H24N2O4S. The molecular weight excluding hydrogens is 292 g/mol. The van der Waals surface area contributed by atoms with Crippen LogP contribution in [0.2, 0.25) is 0 Å². The van der Waals surface area contributed by atoms with Gasteiger partial charge in [0, 0.05) is 39.6 Å². The third-order valence-corrected chi connectivity index (χ3v) is 5.17. The summed E-state index contributed by atoms with van der Waals surface area (Å²) in [5, 5.41) is 0. The second kappa shape index (κ2) is 8.33. The Morgan fingerprint density at radius 2 is 1.81 bits per heavy atom. The number of methoxy groups -OCH3 is 2. The van der Waals surface area contributed by atoms with Crippen LogP contribution < -0.4 is 5.73 Å². The maximum absolute atomic E-state index is 12.8. The molecule has 0 aliphatic heterocycles. The molecule has 21 heavy (non-hydrogen) atoms. The molecule has 0 amide bonds. The molecule has 0 atom stereocenters. The average molecular weight is 316 g/mol. The maximum atomic E-state index is 12.8. The zero-order chi connectivity index (χ0) is 15.9. The highest BCUT2D eigenvalue weighted by atomic mass is 32.2. The Morgan fingerprint density at radius 1 is 1.14 bits per heavy atom. The van der Waals surface area contributed by atoms with E-state index in [9.17, 15) is 8.42 Å². The van der Waals surface area contributed by atoms with Gasteiger partial charge in [0.05, 0.1) is 11.5 Å². The number of hydrogen-bond donors (Lipinski definition) is 1. The van der Waals surface area contributed by atoms with Gasteiger partial charge in [-0.2, -0.15) is 4.31 Å².